The summed E-state index contributed by atoms with van der Waals surface area (Å²) < 4.78 is 23.6. The molecule has 0 saturated heterocycles. The SMILES string of the molecule is CS(=O)(=O)Nc1cc[c]c(Cl)n1. The van der Waals surface area contributed by atoms with Crippen molar-refractivity contribution >= 4 is 27.4 Å². The van der Waals surface area contributed by atoms with Gasteiger partial charge in [0.25, 0.3) is 0 Å². The topological polar surface area (TPSA) is 59.1 Å². The molecule has 0 aromatic carbocycles. The van der Waals surface area contributed by atoms with E-state index in [-0.39, 0.29) is 11.0 Å². The van der Waals surface area contributed by atoms with Crippen LogP contribution in [-0.2, 0) is 10.0 Å². The number of sulfonamides is 1. The Hall–Kier alpha value is -0.810. The van der Waals surface area contributed by atoms with Crippen molar-refractivity contribution in [2.75, 3.05) is 11.0 Å². The van der Waals surface area contributed by atoms with Crippen LogP contribution in [0.3, 0.4) is 0 Å². The van der Waals surface area contributed by atoms with E-state index in [1.165, 1.54) is 12.1 Å². The van der Waals surface area contributed by atoms with Gasteiger partial charge in [0.05, 0.1) is 6.26 Å². The standard InChI is InChI=1S/C6H6ClN2O2S/c1-12(10,11)9-6-4-2-3-5(7)8-6/h2,4H,1H3,(H,8,9). The monoisotopic (exact) mass is 205 g/mol. The Labute approximate surface area is 75.6 Å². The number of hydrogen-bond acceptors (Lipinski definition) is 3. The summed E-state index contributed by atoms with van der Waals surface area (Å²) in [4.78, 5) is 3.68. The van der Waals surface area contributed by atoms with Crippen LogP contribution >= 0.6 is 11.6 Å². The molecule has 0 aliphatic carbocycles. The van der Waals surface area contributed by atoms with Gasteiger partial charge >= 0.3 is 0 Å². The van der Waals surface area contributed by atoms with E-state index in [0.29, 0.717) is 0 Å². The fourth-order valence-corrected chi connectivity index (χ4v) is 1.26. The van der Waals surface area contributed by atoms with Crippen LogP contribution in [0.25, 0.3) is 0 Å². The van der Waals surface area contributed by atoms with Crippen molar-refractivity contribution in [1.29, 1.82) is 0 Å². The van der Waals surface area contributed by atoms with Crippen LogP contribution in [0.1, 0.15) is 0 Å². The summed E-state index contributed by atoms with van der Waals surface area (Å²) in [6.07, 6.45) is 1.04. The van der Waals surface area contributed by atoms with Gasteiger partial charge in [-0.25, -0.2) is 13.4 Å². The van der Waals surface area contributed by atoms with Crippen molar-refractivity contribution in [3.63, 3.8) is 0 Å². The van der Waals surface area contributed by atoms with Gasteiger partial charge in [0.15, 0.2) is 0 Å². The second-order valence-corrected chi connectivity index (χ2v) is 4.25. The van der Waals surface area contributed by atoms with Gasteiger partial charge in [-0.2, -0.15) is 0 Å². The lowest BCUT2D eigenvalue weighted by molar-refractivity contribution is 0.606. The molecule has 1 N–H and O–H groups in total. The van der Waals surface area contributed by atoms with Gasteiger partial charge in [0, 0.05) is 6.07 Å². The molecule has 0 unspecified atom stereocenters. The second kappa shape index (κ2) is 3.28. The number of rotatable bonds is 2. The van der Waals surface area contributed by atoms with E-state index >= 15 is 0 Å². The highest BCUT2D eigenvalue weighted by Crippen LogP contribution is 2.08. The summed E-state index contributed by atoms with van der Waals surface area (Å²) in [5.74, 6) is 0.196. The molecule has 1 rings (SSSR count). The summed E-state index contributed by atoms with van der Waals surface area (Å²) in [6, 6.07) is 5.53. The first-order chi connectivity index (χ1) is 5.47. The number of nitrogens with zero attached hydrogens (tertiary/aromatic N) is 1. The van der Waals surface area contributed by atoms with Gasteiger partial charge in [0.2, 0.25) is 10.0 Å². The molecule has 1 aromatic rings. The van der Waals surface area contributed by atoms with Crippen molar-refractivity contribution in [2.45, 2.75) is 0 Å². The molecule has 65 valence electrons. The Kier molecular flexibility index (Phi) is 2.54. The molecule has 0 atom stereocenters. The molecule has 1 radical (unpaired) electrons. The lowest BCUT2D eigenvalue weighted by Gasteiger charge is -2.01. The molecule has 0 spiro atoms. The molecule has 12 heavy (non-hydrogen) atoms. The summed E-state index contributed by atoms with van der Waals surface area (Å²) in [7, 11) is -3.28. The lowest BCUT2D eigenvalue weighted by atomic mass is 10.5. The molecule has 0 fully saturated rings. The Balaban J connectivity index is 2.91. The van der Waals surface area contributed by atoms with Gasteiger partial charge in [-0.05, 0) is 12.1 Å². The summed E-state index contributed by atoms with van der Waals surface area (Å²) in [5.41, 5.74) is 0. The number of nitrogens with one attached hydrogen (secondary N) is 1. The third-order valence-electron chi connectivity index (χ3n) is 0.952. The molecule has 0 saturated carbocycles. The highest BCUT2D eigenvalue weighted by molar-refractivity contribution is 7.92. The normalized spacial score (nSPS) is 11.2. The minimum atomic E-state index is -3.28. The van der Waals surface area contributed by atoms with E-state index in [2.05, 4.69) is 15.8 Å². The van der Waals surface area contributed by atoms with Crippen LogP contribution in [0.2, 0.25) is 5.15 Å². The Morgan fingerprint density at radius 1 is 1.67 bits per heavy atom. The number of halogens is 1. The van der Waals surface area contributed by atoms with E-state index in [4.69, 9.17) is 11.6 Å². The van der Waals surface area contributed by atoms with Crippen molar-refractivity contribution in [2.24, 2.45) is 0 Å². The van der Waals surface area contributed by atoms with Gasteiger partial charge in [-0.3, -0.25) is 4.72 Å². The van der Waals surface area contributed by atoms with Gasteiger partial charge in [-0.15, -0.1) is 0 Å². The first kappa shape index (κ1) is 9.28. The Morgan fingerprint density at radius 2 is 2.33 bits per heavy atom. The fourth-order valence-electron chi connectivity index (χ4n) is 0.611. The molecule has 0 aliphatic rings. The average Bonchev–Trinajstić information content (AvgIpc) is 1.82. The first-order valence-corrected chi connectivity index (χ1v) is 5.26. The zero-order valence-corrected chi connectivity index (χ0v) is 7.78. The summed E-state index contributed by atoms with van der Waals surface area (Å²) in [5, 5.41) is 0.128. The molecular formula is C6H6ClN2O2S. The minimum Gasteiger partial charge on any atom is -0.268 e. The van der Waals surface area contributed by atoms with E-state index < -0.39 is 10.0 Å². The number of anilines is 1. The first-order valence-electron chi connectivity index (χ1n) is 2.99. The maximum atomic E-state index is 10.7. The average molecular weight is 206 g/mol. The number of aromatic nitrogens is 1. The highest BCUT2D eigenvalue weighted by atomic mass is 35.5. The fraction of sp³-hybridized carbons (Fsp3) is 0.167. The van der Waals surface area contributed by atoms with E-state index in [0.717, 1.165) is 6.26 Å². The zero-order valence-electron chi connectivity index (χ0n) is 6.20. The van der Waals surface area contributed by atoms with E-state index in [1.54, 1.807) is 0 Å². The summed E-state index contributed by atoms with van der Waals surface area (Å²) in [6.45, 7) is 0. The maximum absolute atomic E-state index is 10.7. The molecule has 0 bridgehead atoms. The number of pyridine rings is 1. The molecule has 6 heteroatoms. The van der Waals surface area contributed by atoms with Gasteiger partial charge in [0.1, 0.15) is 11.0 Å². The minimum absolute atomic E-state index is 0.128. The largest absolute Gasteiger partial charge is 0.268 e. The van der Waals surface area contributed by atoms with Crippen LogP contribution in [0.15, 0.2) is 12.1 Å². The summed E-state index contributed by atoms with van der Waals surface area (Å²) >= 11 is 5.47. The van der Waals surface area contributed by atoms with Crippen LogP contribution < -0.4 is 4.72 Å². The van der Waals surface area contributed by atoms with Crippen LogP contribution in [0.5, 0.6) is 0 Å². The quantitative estimate of drug-likeness (QED) is 0.730. The predicted molar refractivity (Wildman–Crippen MR) is 46.5 cm³/mol. The molecular weight excluding hydrogens is 200 g/mol. The van der Waals surface area contributed by atoms with Crippen molar-refractivity contribution < 1.29 is 8.42 Å². The Morgan fingerprint density at radius 3 is 2.83 bits per heavy atom. The second-order valence-electron chi connectivity index (χ2n) is 2.14. The number of hydrogen-bond donors (Lipinski definition) is 1. The molecule has 1 aromatic heterocycles. The third-order valence-corrected chi connectivity index (χ3v) is 1.73. The smallest absolute Gasteiger partial charge is 0.230 e. The van der Waals surface area contributed by atoms with Crippen molar-refractivity contribution in [3.05, 3.63) is 23.4 Å². The lowest BCUT2D eigenvalue weighted by Crippen LogP contribution is -2.10. The van der Waals surface area contributed by atoms with Gasteiger partial charge < -0.3 is 0 Å². The highest BCUT2D eigenvalue weighted by Gasteiger charge is 2.02. The third kappa shape index (κ3) is 3.06. The molecule has 4 nitrogen and oxygen atoms in total. The molecule has 0 aliphatic heterocycles. The maximum Gasteiger partial charge on any atom is 0.230 e. The van der Waals surface area contributed by atoms with E-state index in [1.807, 2.05) is 0 Å². The van der Waals surface area contributed by atoms with Crippen LogP contribution in [0, 0.1) is 6.07 Å². The van der Waals surface area contributed by atoms with Gasteiger partial charge in [-0.1, -0.05) is 11.6 Å². The van der Waals surface area contributed by atoms with Crippen molar-refractivity contribution in [3.8, 4) is 0 Å². The molecule has 0 amide bonds. The van der Waals surface area contributed by atoms with Crippen molar-refractivity contribution in [1.82, 2.24) is 4.98 Å². The van der Waals surface area contributed by atoms with Crippen LogP contribution in [0.4, 0.5) is 5.82 Å². The van der Waals surface area contributed by atoms with E-state index in [9.17, 15) is 8.42 Å². The predicted octanol–water partition coefficient (Wildman–Crippen LogP) is 0.907. The Bertz CT molecular complexity index is 377. The zero-order chi connectivity index (χ0) is 9.19. The van der Waals surface area contributed by atoms with Crippen LogP contribution in [-0.4, -0.2) is 19.7 Å². The molecule has 1 heterocycles.